The number of benzene rings is 2. The Bertz CT molecular complexity index is 893. The van der Waals surface area contributed by atoms with Gasteiger partial charge >= 0.3 is 5.97 Å². The van der Waals surface area contributed by atoms with Gasteiger partial charge in [0.1, 0.15) is 0 Å². The van der Waals surface area contributed by atoms with E-state index in [1.807, 2.05) is 30.3 Å². The predicted octanol–water partition coefficient (Wildman–Crippen LogP) is 4.82. The molecule has 1 aliphatic rings. The summed E-state index contributed by atoms with van der Waals surface area (Å²) < 4.78 is 0. The van der Waals surface area contributed by atoms with Crippen LogP contribution in [0.5, 0.6) is 0 Å². The third-order valence-electron chi connectivity index (χ3n) is 4.94. The van der Waals surface area contributed by atoms with Gasteiger partial charge in [-0.05, 0) is 42.2 Å². The number of hydrogen-bond donors (Lipinski definition) is 3. The number of fused-ring (bicyclic) bond motifs is 1. The second kappa shape index (κ2) is 6.63. The van der Waals surface area contributed by atoms with E-state index in [2.05, 4.69) is 28.5 Å². The molecule has 0 spiro atoms. The maximum Gasteiger partial charge on any atom is 0.307 e. The third-order valence-corrected chi connectivity index (χ3v) is 4.94. The van der Waals surface area contributed by atoms with Crippen LogP contribution in [0.2, 0.25) is 0 Å². The number of hydrogen-bond acceptors (Lipinski definition) is 2. The van der Waals surface area contributed by atoms with Gasteiger partial charge in [-0.2, -0.15) is 0 Å². The monoisotopic (exact) mass is 334 g/mol. The van der Waals surface area contributed by atoms with E-state index in [-0.39, 0.29) is 6.42 Å². The number of rotatable bonds is 5. The molecule has 0 atom stereocenters. The maximum absolute atomic E-state index is 11.2. The number of nitrogens with one attached hydrogen (secondary N) is 2. The summed E-state index contributed by atoms with van der Waals surface area (Å²) in [4.78, 5) is 14.7. The summed E-state index contributed by atoms with van der Waals surface area (Å²) in [7, 11) is 0. The minimum Gasteiger partial charge on any atom is -0.481 e. The molecule has 4 nitrogen and oxygen atoms in total. The number of carboxylic acids is 1. The number of aromatic nitrogens is 1. The lowest BCUT2D eigenvalue weighted by atomic mass is 10.1. The smallest absolute Gasteiger partial charge is 0.307 e. The average Bonchev–Trinajstić information content (AvgIpc) is 3.24. The first-order valence-electron chi connectivity index (χ1n) is 8.88. The molecule has 0 aliphatic heterocycles. The second-order valence-electron chi connectivity index (χ2n) is 6.85. The van der Waals surface area contributed by atoms with Gasteiger partial charge in [0, 0.05) is 17.1 Å². The zero-order valence-corrected chi connectivity index (χ0v) is 14.1. The normalized spacial score (nSPS) is 14.9. The summed E-state index contributed by atoms with van der Waals surface area (Å²) in [6.45, 7) is 0. The summed E-state index contributed by atoms with van der Waals surface area (Å²) in [5.41, 5.74) is 5.09. The van der Waals surface area contributed by atoms with Gasteiger partial charge in [-0.3, -0.25) is 4.79 Å². The molecule has 1 fully saturated rings. The molecule has 2 aromatic carbocycles. The minimum absolute atomic E-state index is 0.0428. The lowest BCUT2D eigenvalue weighted by Gasteiger charge is -2.15. The average molecular weight is 334 g/mol. The Balaban J connectivity index is 1.78. The van der Waals surface area contributed by atoms with E-state index in [0.29, 0.717) is 6.04 Å². The van der Waals surface area contributed by atoms with E-state index in [4.69, 9.17) is 5.11 Å². The summed E-state index contributed by atoms with van der Waals surface area (Å²) in [6.07, 6.45) is 4.92. The van der Waals surface area contributed by atoms with Crippen LogP contribution in [0.3, 0.4) is 0 Å². The molecule has 1 aliphatic carbocycles. The summed E-state index contributed by atoms with van der Waals surface area (Å²) in [5, 5.41) is 13.9. The highest BCUT2D eigenvalue weighted by molar-refractivity contribution is 5.96. The van der Waals surface area contributed by atoms with E-state index >= 15 is 0 Å². The highest BCUT2D eigenvalue weighted by Crippen LogP contribution is 2.32. The van der Waals surface area contributed by atoms with Gasteiger partial charge in [0.2, 0.25) is 0 Å². The van der Waals surface area contributed by atoms with Crippen molar-refractivity contribution in [2.45, 2.75) is 38.1 Å². The highest BCUT2D eigenvalue weighted by Gasteiger charge is 2.17. The predicted molar refractivity (Wildman–Crippen MR) is 101 cm³/mol. The number of anilines is 1. The Kier molecular flexibility index (Phi) is 4.18. The van der Waals surface area contributed by atoms with E-state index in [1.165, 1.54) is 25.7 Å². The number of carbonyl (C=O) groups is 1. The van der Waals surface area contributed by atoms with Crippen LogP contribution >= 0.6 is 0 Å². The highest BCUT2D eigenvalue weighted by atomic mass is 16.4. The first kappa shape index (κ1) is 15.8. The molecular formula is C21H22N2O2. The molecule has 1 aromatic heterocycles. The first-order valence-corrected chi connectivity index (χ1v) is 8.88. The maximum atomic E-state index is 11.2. The fourth-order valence-corrected chi connectivity index (χ4v) is 3.76. The standard InChI is InChI=1S/C21H22N2O2/c24-20(25)12-14-10-16-13-18(15-6-2-1-3-7-15)23-21(16)19(11-14)22-17-8-4-5-9-17/h1-3,6-7,10-11,13,17,22-23H,4-5,8-9,12H2,(H,24,25). The first-order chi connectivity index (χ1) is 12.2. The van der Waals surface area contributed by atoms with Crippen LogP contribution in [0, 0.1) is 0 Å². The Morgan fingerprint density at radius 3 is 2.60 bits per heavy atom. The molecule has 0 bridgehead atoms. The second-order valence-corrected chi connectivity index (χ2v) is 6.85. The van der Waals surface area contributed by atoms with Crippen molar-refractivity contribution in [1.82, 2.24) is 4.98 Å². The number of carboxylic acid groups (broad SMARTS) is 1. The minimum atomic E-state index is -0.801. The van der Waals surface area contributed by atoms with Crippen molar-refractivity contribution >= 4 is 22.6 Å². The Morgan fingerprint density at radius 2 is 1.88 bits per heavy atom. The van der Waals surface area contributed by atoms with Crippen LogP contribution in [0.15, 0.2) is 48.5 Å². The third kappa shape index (κ3) is 3.38. The molecule has 1 saturated carbocycles. The zero-order chi connectivity index (χ0) is 17.2. The SMILES string of the molecule is O=C(O)Cc1cc(NC2CCCC2)c2[nH]c(-c3ccccc3)cc2c1. The van der Waals surface area contributed by atoms with Crippen LogP contribution in [-0.2, 0) is 11.2 Å². The molecule has 3 N–H and O–H groups in total. The Morgan fingerprint density at radius 1 is 1.12 bits per heavy atom. The number of aliphatic carboxylic acids is 1. The molecular weight excluding hydrogens is 312 g/mol. The van der Waals surface area contributed by atoms with Gasteiger partial charge in [-0.15, -0.1) is 0 Å². The van der Waals surface area contributed by atoms with Crippen molar-refractivity contribution in [3.63, 3.8) is 0 Å². The van der Waals surface area contributed by atoms with E-state index in [0.717, 1.165) is 33.4 Å². The van der Waals surface area contributed by atoms with Crippen molar-refractivity contribution < 1.29 is 9.90 Å². The molecule has 128 valence electrons. The number of aromatic amines is 1. The summed E-state index contributed by atoms with van der Waals surface area (Å²) >= 11 is 0. The Hall–Kier alpha value is -2.75. The van der Waals surface area contributed by atoms with Crippen molar-refractivity contribution in [2.75, 3.05) is 5.32 Å². The van der Waals surface area contributed by atoms with Crippen molar-refractivity contribution in [1.29, 1.82) is 0 Å². The van der Waals surface area contributed by atoms with Crippen molar-refractivity contribution in [2.24, 2.45) is 0 Å². The van der Waals surface area contributed by atoms with Gasteiger partial charge in [0.05, 0.1) is 17.6 Å². The van der Waals surface area contributed by atoms with Gasteiger partial charge in [-0.25, -0.2) is 0 Å². The lowest BCUT2D eigenvalue weighted by Crippen LogP contribution is -2.15. The fourth-order valence-electron chi connectivity index (χ4n) is 3.76. The van der Waals surface area contributed by atoms with Crippen molar-refractivity contribution in [3.05, 3.63) is 54.1 Å². The molecule has 25 heavy (non-hydrogen) atoms. The van der Waals surface area contributed by atoms with Crippen LogP contribution in [0.25, 0.3) is 22.2 Å². The van der Waals surface area contributed by atoms with Gasteiger partial charge in [0.25, 0.3) is 0 Å². The molecule has 0 saturated heterocycles. The van der Waals surface area contributed by atoms with Gasteiger partial charge in [-0.1, -0.05) is 43.2 Å². The molecule has 4 rings (SSSR count). The van der Waals surface area contributed by atoms with E-state index in [9.17, 15) is 4.79 Å². The van der Waals surface area contributed by atoms with Crippen LogP contribution in [0.1, 0.15) is 31.2 Å². The molecule has 1 heterocycles. The zero-order valence-electron chi connectivity index (χ0n) is 14.1. The molecule has 0 radical (unpaired) electrons. The molecule has 4 heteroatoms. The van der Waals surface area contributed by atoms with Crippen LogP contribution < -0.4 is 5.32 Å². The van der Waals surface area contributed by atoms with Gasteiger partial charge in [0.15, 0.2) is 0 Å². The molecule has 0 amide bonds. The van der Waals surface area contributed by atoms with Gasteiger partial charge < -0.3 is 15.4 Å². The van der Waals surface area contributed by atoms with Crippen LogP contribution in [-0.4, -0.2) is 22.1 Å². The molecule has 3 aromatic rings. The van der Waals surface area contributed by atoms with E-state index < -0.39 is 5.97 Å². The summed E-state index contributed by atoms with van der Waals surface area (Å²) in [6, 6.07) is 16.8. The summed E-state index contributed by atoms with van der Waals surface area (Å²) in [5.74, 6) is -0.801. The quantitative estimate of drug-likeness (QED) is 0.627. The van der Waals surface area contributed by atoms with Crippen LogP contribution in [0.4, 0.5) is 5.69 Å². The fraction of sp³-hybridized carbons (Fsp3) is 0.286. The number of H-pyrrole nitrogens is 1. The Labute approximate surface area is 146 Å². The van der Waals surface area contributed by atoms with E-state index in [1.54, 1.807) is 0 Å². The lowest BCUT2D eigenvalue weighted by molar-refractivity contribution is -0.136. The van der Waals surface area contributed by atoms with Crippen molar-refractivity contribution in [3.8, 4) is 11.3 Å². The molecule has 0 unspecified atom stereocenters. The topological polar surface area (TPSA) is 65.1 Å². The largest absolute Gasteiger partial charge is 0.481 e.